The Balaban J connectivity index is 2.22. The van der Waals surface area contributed by atoms with Crippen molar-refractivity contribution in [3.8, 4) is 0 Å². The van der Waals surface area contributed by atoms with Gasteiger partial charge in [-0.1, -0.05) is 6.07 Å². The maximum Gasteiger partial charge on any atom is 0.181 e. The maximum atomic E-state index is 11.4. The average molecular weight is 173 g/mol. The minimum absolute atomic E-state index is 0.240. The minimum atomic E-state index is 0.240. The van der Waals surface area contributed by atoms with Gasteiger partial charge in [0, 0.05) is 12.1 Å². The van der Waals surface area contributed by atoms with E-state index in [0.717, 1.165) is 25.0 Å². The summed E-state index contributed by atoms with van der Waals surface area (Å²) in [5.41, 5.74) is 4.51. The van der Waals surface area contributed by atoms with E-state index in [2.05, 4.69) is 11.1 Å². The molecule has 1 aromatic heterocycles. The van der Waals surface area contributed by atoms with Gasteiger partial charge in [-0.15, -0.1) is 0 Å². The monoisotopic (exact) mass is 173 g/mol. The summed E-state index contributed by atoms with van der Waals surface area (Å²) in [4.78, 5) is 15.9. The number of carbonyl (C=O) groups excluding carboxylic acids is 1. The Labute approximate surface area is 77.0 Å². The summed E-state index contributed by atoms with van der Waals surface area (Å²) in [5, 5.41) is 0. The third-order valence-electron chi connectivity index (χ3n) is 3.02. The van der Waals surface area contributed by atoms with Crippen LogP contribution < -0.4 is 0 Å². The molecule has 2 aliphatic rings. The van der Waals surface area contributed by atoms with Crippen LogP contribution in [0.15, 0.2) is 6.07 Å². The van der Waals surface area contributed by atoms with Crippen molar-refractivity contribution < 1.29 is 4.79 Å². The molecule has 13 heavy (non-hydrogen) atoms. The van der Waals surface area contributed by atoms with Crippen LogP contribution in [0, 0.1) is 0 Å². The number of hydrogen-bond acceptors (Lipinski definition) is 2. The van der Waals surface area contributed by atoms with E-state index in [4.69, 9.17) is 0 Å². The van der Waals surface area contributed by atoms with E-state index in [1.165, 1.54) is 23.2 Å². The predicted molar refractivity (Wildman–Crippen MR) is 48.9 cm³/mol. The fourth-order valence-electron chi connectivity index (χ4n) is 2.32. The number of rotatable bonds is 0. The van der Waals surface area contributed by atoms with Crippen molar-refractivity contribution in [3.05, 3.63) is 28.6 Å². The van der Waals surface area contributed by atoms with Crippen molar-refractivity contribution in [1.29, 1.82) is 0 Å². The van der Waals surface area contributed by atoms with Gasteiger partial charge in [0.15, 0.2) is 5.78 Å². The molecule has 0 bridgehead atoms. The molecular weight excluding hydrogens is 162 g/mol. The van der Waals surface area contributed by atoms with Crippen molar-refractivity contribution in [2.45, 2.75) is 32.1 Å². The summed E-state index contributed by atoms with van der Waals surface area (Å²) in [5.74, 6) is 0.240. The van der Waals surface area contributed by atoms with Gasteiger partial charge in [-0.25, -0.2) is 4.98 Å². The van der Waals surface area contributed by atoms with Crippen molar-refractivity contribution in [3.63, 3.8) is 0 Å². The largest absolute Gasteiger partial charge is 0.292 e. The lowest BCUT2D eigenvalue weighted by Crippen LogP contribution is -1.99. The molecule has 0 saturated carbocycles. The van der Waals surface area contributed by atoms with Gasteiger partial charge in [-0.05, 0) is 36.8 Å². The van der Waals surface area contributed by atoms with Crippen molar-refractivity contribution in [2.24, 2.45) is 0 Å². The fraction of sp³-hybridized carbons (Fsp3) is 0.455. The highest BCUT2D eigenvalue weighted by Gasteiger charge is 2.24. The molecule has 3 rings (SSSR count). The standard InChI is InChI=1S/C11H11NO/c13-10-5-4-8-6-7-2-1-3-9(7)12-11(8)10/h6H,1-5H2. The molecule has 0 aromatic carbocycles. The molecule has 0 aliphatic heterocycles. The van der Waals surface area contributed by atoms with E-state index in [1.807, 2.05) is 0 Å². The Hall–Kier alpha value is -1.18. The first-order valence-electron chi connectivity index (χ1n) is 4.89. The number of ketones is 1. The smallest absolute Gasteiger partial charge is 0.181 e. The van der Waals surface area contributed by atoms with Gasteiger partial charge in [-0.3, -0.25) is 4.79 Å². The number of pyridine rings is 1. The van der Waals surface area contributed by atoms with Gasteiger partial charge in [0.2, 0.25) is 0 Å². The van der Waals surface area contributed by atoms with Crippen LogP contribution in [-0.4, -0.2) is 10.8 Å². The summed E-state index contributed by atoms with van der Waals surface area (Å²) < 4.78 is 0. The second-order valence-electron chi connectivity index (χ2n) is 3.88. The summed E-state index contributed by atoms with van der Waals surface area (Å²) >= 11 is 0. The molecule has 0 unspecified atom stereocenters. The molecule has 2 heteroatoms. The van der Waals surface area contributed by atoms with Crippen LogP contribution in [0.2, 0.25) is 0 Å². The third kappa shape index (κ3) is 0.947. The Bertz CT molecular complexity index is 395. The van der Waals surface area contributed by atoms with Crippen molar-refractivity contribution in [1.82, 2.24) is 4.98 Å². The summed E-state index contributed by atoms with van der Waals surface area (Å²) in [7, 11) is 0. The van der Waals surface area contributed by atoms with Crippen molar-refractivity contribution in [2.75, 3.05) is 0 Å². The average Bonchev–Trinajstić information content (AvgIpc) is 2.70. The molecule has 0 saturated heterocycles. The first-order chi connectivity index (χ1) is 6.34. The van der Waals surface area contributed by atoms with E-state index < -0.39 is 0 Å². The normalized spacial score (nSPS) is 18.9. The number of Topliss-reactive ketones (excluding diaryl/α,β-unsaturated/α-hetero) is 1. The summed E-state index contributed by atoms with van der Waals surface area (Å²) in [6, 6.07) is 2.20. The highest BCUT2D eigenvalue weighted by Crippen LogP contribution is 2.27. The van der Waals surface area contributed by atoms with Gasteiger partial charge < -0.3 is 0 Å². The molecule has 1 heterocycles. The van der Waals surface area contributed by atoms with E-state index in [9.17, 15) is 4.79 Å². The maximum absolute atomic E-state index is 11.4. The van der Waals surface area contributed by atoms with Crippen LogP contribution in [0.1, 0.15) is 40.2 Å². The second kappa shape index (κ2) is 2.41. The van der Waals surface area contributed by atoms with Gasteiger partial charge in [0.05, 0.1) is 0 Å². The molecule has 0 N–H and O–H groups in total. The Kier molecular flexibility index (Phi) is 1.34. The SMILES string of the molecule is O=C1CCc2cc3c(nc21)CCC3. The zero-order chi connectivity index (χ0) is 8.84. The number of hydrogen-bond donors (Lipinski definition) is 0. The van der Waals surface area contributed by atoms with E-state index in [-0.39, 0.29) is 5.78 Å². The van der Waals surface area contributed by atoms with Gasteiger partial charge in [0.25, 0.3) is 0 Å². The van der Waals surface area contributed by atoms with Gasteiger partial charge >= 0.3 is 0 Å². The number of aryl methyl sites for hydroxylation is 3. The number of aromatic nitrogens is 1. The highest BCUT2D eigenvalue weighted by atomic mass is 16.1. The van der Waals surface area contributed by atoms with Crippen LogP contribution in [0.5, 0.6) is 0 Å². The van der Waals surface area contributed by atoms with E-state index in [0.29, 0.717) is 6.42 Å². The molecule has 1 aromatic rings. The molecule has 2 nitrogen and oxygen atoms in total. The minimum Gasteiger partial charge on any atom is -0.292 e. The van der Waals surface area contributed by atoms with Crippen LogP contribution in [0.3, 0.4) is 0 Å². The molecule has 66 valence electrons. The van der Waals surface area contributed by atoms with Crippen LogP contribution >= 0.6 is 0 Å². The Morgan fingerprint density at radius 1 is 1.08 bits per heavy atom. The van der Waals surface area contributed by atoms with Gasteiger partial charge in [0.1, 0.15) is 5.69 Å². The first kappa shape index (κ1) is 7.25. The predicted octanol–water partition coefficient (Wildman–Crippen LogP) is 1.70. The van der Waals surface area contributed by atoms with Crippen LogP contribution in [0.25, 0.3) is 0 Å². The second-order valence-corrected chi connectivity index (χ2v) is 3.88. The number of nitrogens with zero attached hydrogens (tertiary/aromatic N) is 1. The number of carbonyl (C=O) groups is 1. The van der Waals surface area contributed by atoms with Gasteiger partial charge in [-0.2, -0.15) is 0 Å². The molecule has 0 atom stereocenters. The lowest BCUT2D eigenvalue weighted by atomic mass is 10.1. The van der Waals surface area contributed by atoms with E-state index >= 15 is 0 Å². The van der Waals surface area contributed by atoms with Crippen molar-refractivity contribution >= 4 is 5.78 Å². The fourth-order valence-corrected chi connectivity index (χ4v) is 2.32. The molecule has 0 spiro atoms. The molecule has 0 radical (unpaired) electrons. The van der Waals surface area contributed by atoms with Crippen LogP contribution in [-0.2, 0) is 19.3 Å². The topological polar surface area (TPSA) is 30.0 Å². The van der Waals surface area contributed by atoms with E-state index in [1.54, 1.807) is 0 Å². The first-order valence-corrected chi connectivity index (χ1v) is 4.89. The zero-order valence-corrected chi connectivity index (χ0v) is 7.47. The lowest BCUT2D eigenvalue weighted by molar-refractivity contribution is 0.0990. The molecule has 2 aliphatic carbocycles. The summed E-state index contributed by atoms with van der Waals surface area (Å²) in [6.45, 7) is 0. The zero-order valence-electron chi connectivity index (χ0n) is 7.47. The third-order valence-corrected chi connectivity index (χ3v) is 3.02. The molecular formula is C11H11NO. The highest BCUT2D eigenvalue weighted by molar-refractivity contribution is 5.98. The lowest BCUT2D eigenvalue weighted by Gasteiger charge is -2.01. The Morgan fingerprint density at radius 3 is 2.92 bits per heavy atom. The quantitative estimate of drug-likeness (QED) is 0.597. The molecule has 0 fully saturated rings. The Morgan fingerprint density at radius 2 is 2.00 bits per heavy atom. The van der Waals surface area contributed by atoms with Crippen LogP contribution in [0.4, 0.5) is 0 Å². The summed E-state index contributed by atoms with van der Waals surface area (Å²) in [6.07, 6.45) is 5.01. The molecule has 0 amide bonds. The number of fused-ring (bicyclic) bond motifs is 2.